The summed E-state index contributed by atoms with van der Waals surface area (Å²) >= 11 is 0. The average molecular weight is 251 g/mol. The van der Waals surface area contributed by atoms with Gasteiger partial charge in [-0.15, -0.1) is 0 Å². The monoisotopic (exact) mass is 251 g/mol. The highest BCUT2D eigenvalue weighted by Crippen LogP contribution is 2.23. The zero-order valence-electron chi connectivity index (χ0n) is 11.8. The molecule has 0 aromatic carbocycles. The summed E-state index contributed by atoms with van der Waals surface area (Å²) in [5.41, 5.74) is 1.24. The van der Waals surface area contributed by atoms with E-state index in [4.69, 9.17) is 4.74 Å². The Morgan fingerprint density at radius 3 is 2.94 bits per heavy atom. The maximum atomic E-state index is 5.41. The third-order valence-corrected chi connectivity index (χ3v) is 3.44. The first-order chi connectivity index (χ1) is 8.74. The van der Waals surface area contributed by atoms with Gasteiger partial charge in [-0.1, -0.05) is 13.8 Å². The van der Waals surface area contributed by atoms with Gasteiger partial charge in [-0.25, -0.2) is 0 Å². The predicted molar refractivity (Wildman–Crippen MR) is 73.0 cm³/mol. The van der Waals surface area contributed by atoms with Crippen molar-refractivity contribution in [3.05, 3.63) is 11.9 Å². The van der Waals surface area contributed by atoms with Gasteiger partial charge in [0, 0.05) is 12.6 Å². The Hall–Kier alpha value is -1.03. The Balaban J connectivity index is 1.93. The fourth-order valence-corrected chi connectivity index (χ4v) is 2.23. The lowest BCUT2D eigenvalue weighted by Gasteiger charge is -2.14. The van der Waals surface area contributed by atoms with Gasteiger partial charge in [0.2, 0.25) is 0 Å². The lowest BCUT2D eigenvalue weighted by atomic mass is 10.1. The van der Waals surface area contributed by atoms with E-state index in [2.05, 4.69) is 28.9 Å². The summed E-state index contributed by atoms with van der Waals surface area (Å²) in [6.45, 7) is 6.53. The maximum Gasteiger partial charge on any atom is 0.159 e. The van der Waals surface area contributed by atoms with Crippen molar-refractivity contribution in [2.24, 2.45) is 5.92 Å². The molecule has 0 bridgehead atoms. The first-order valence-corrected chi connectivity index (χ1v) is 7.06. The van der Waals surface area contributed by atoms with Gasteiger partial charge in [0.05, 0.1) is 19.0 Å². The number of rotatable bonds is 8. The van der Waals surface area contributed by atoms with Crippen LogP contribution in [0.15, 0.2) is 6.20 Å². The minimum Gasteiger partial charge on any atom is -0.493 e. The summed E-state index contributed by atoms with van der Waals surface area (Å²) < 4.78 is 7.50. The van der Waals surface area contributed by atoms with Crippen molar-refractivity contribution in [1.29, 1.82) is 0 Å². The summed E-state index contributed by atoms with van der Waals surface area (Å²) in [5.74, 6) is 1.55. The molecule has 1 N–H and O–H groups in total. The van der Waals surface area contributed by atoms with E-state index in [0.717, 1.165) is 37.7 Å². The highest BCUT2D eigenvalue weighted by molar-refractivity contribution is 5.25. The molecule has 0 spiro atoms. The molecule has 1 saturated carbocycles. The summed E-state index contributed by atoms with van der Waals surface area (Å²) in [6.07, 6.45) is 6.68. The summed E-state index contributed by atoms with van der Waals surface area (Å²) in [6, 6.07) is 0.787. The van der Waals surface area contributed by atoms with E-state index < -0.39 is 0 Å². The molecule has 0 amide bonds. The summed E-state index contributed by atoms with van der Waals surface area (Å²) in [5, 5.41) is 8.00. The molecule has 1 fully saturated rings. The molecule has 0 saturated heterocycles. The van der Waals surface area contributed by atoms with E-state index in [0.29, 0.717) is 5.92 Å². The normalized spacial score (nSPS) is 16.8. The van der Waals surface area contributed by atoms with Crippen molar-refractivity contribution < 1.29 is 4.74 Å². The Kier molecular flexibility index (Phi) is 4.64. The summed E-state index contributed by atoms with van der Waals surface area (Å²) in [7, 11) is 1.73. The van der Waals surface area contributed by atoms with Gasteiger partial charge in [-0.05, 0) is 38.1 Å². The molecule has 1 unspecified atom stereocenters. The van der Waals surface area contributed by atoms with Crippen LogP contribution in [0.5, 0.6) is 5.75 Å². The van der Waals surface area contributed by atoms with Crippen molar-refractivity contribution in [2.75, 3.05) is 13.7 Å². The second-order valence-electron chi connectivity index (χ2n) is 5.37. The number of aryl methyl sites for hydroxylation is 1. The number of nitrogens with one attached hydrogen (secondary N) is 1. The van der Waals surface area contributed by atoms with Crippen LogP contribution in [0.25, 0.3) is 0 Å². The topological polar surface area (TPSA) is 39.1 Å². The van der Waals surface area contributed by atoms with Crippen molar-refractivity contribution in [2.45, 2.75) is 52.1 Å². The molecule has 18 heavy (non-hydrogen) atoms. The fraction of sp³-hybridized carbons (Fsp3) is 0.786. The van der Waals surface area contributed by atoms with Gasteiger partial charge in [-0.2, -0.15) is 5.10 Å². The molecule has 1 heterocycles. The number of methoxy groups -OCH3 is 1. The number of ether oxygens (including phenoxy) is 1. The van der Waals surface area contributed by atoms with E-state index in [1.807, 2.05) is 6.20 Å². The van der Waals surface area contributed by atoms with E-state index in [-0.39, 0.29) is 0 Å². The van der Waals surface area contributed by atoms with Gasteiger partial charge in [0.25, 0.3) is 0 Å². The highest BCUT2D eigenvalue weighted by atomic mass is 16.5. The maximum absolute atomic E-state index is 5.41. The quantitative estimate of drug-likeness (QED) is 0.770. The van der Waals surface area contributed by atoms with Crippen LogP contribution in [0.4, 0.5) is 0 Å². The third kappa shape index (κ3) is 3.48. The van der Waals surface area contributed by atoms with Gasteiger partial charge >= 0.3 is 0 Å². The molecule has 0 aliphatic heterocycles. The molecule has 4 heteroatoms. The molecule has 1 aromatic rings. The molecule has 1 aliphatic rings. The van der Waals surface area contributed by atoms with Crippen molar-refractivity contribution in [3.8, 4) is 5.75 Å². The lowest BCUT2D eigenvalue weighted by molar-refractivity contribution is 0.398. The smallest absolute Gasteiger partial charge is 0.159 e. The highest BCUT2D eigenvalue weighted by Gasteiger charge is 2.21. The van der Waals surface area contributed by atoms with Gasteiger partial charge in [0.1, 0.15) is 0 Å². The Morgan fingerprint density at radius 1 is 1.56 bits per heavy atom. The van der Waals surface area contributed by atoms with Crippen LogP contribution in [-0.2, 0) is 13.0 Å². The van der Waals surface area contributed by atoms with Crippen molar-refractivity contribution in [1.82, 2.24) is 15.1 Å². The molecule has 4 nitrogen and oxygen atoms in total. The van der Waals surface area contributed by atoms with Crippen LogP contribution in [-0.4, -0.2) is 29.5 Å². The Bertz CT molecular complexity index is 371. The molecule has 2 rings (SSSR count). The largest absolute Gasteiger partial charge is 0.493 e. The van der Waals surface area contributed by atoms with Gasteiger partial charge < -0.3 is 10.1 Å². The Morgan fingerprint density at radius 2 is 2.33 bits per heavy atom. The van der Waals surface area contributed by atoms with Crippen LogP contribution in [0.2, 0.25) is 0 Å². The third-order valence-electron chi connectivity index (χ3n) is 3.44. The number of aromatic nitrogens is 2. The molecular weight excluding hydrogens is 226 g/mol. The zero-order chi connectivity index (χ0) is 13.0. The first-order valence-electron chi connectivity index (χ1n) is 7.06. The van der Waals surface area contributed by atoms with Gasteiger partial charge in [-0.3, -0.25) is 4.68 Å². The first kappa shape index (κ1) is 13.4. The SMILES string of the molecule is CCCn1ncc(OC)c1CC(C)CNC1CC1. The molecule has 0 radical (unpaired) electrons. The van der Waals surface area contributed by atoms with Crippen LogP contribution < -0.4 is 10.1 Å². The number of hydrogen-bond donors (Lipinski definition) is 1. The van der Waals surface area contributed by atoms with Crippen LogP contribution in [0.3, 0.4) is 0 Å². The minimum atomic E-state index is 0.617. The minimum absolute atomic E-state index is 0.617. The number of hydrogen-bond acceptors (Lipinski definition) is 3. The van der Waals surface area contributed by atoms with Crippen molar-refractivity contribution in [3.63, 3.8) is 0 Å². The van der Waals surface area contributed by atoms with Crippen molar-refractivity contribution >= 4 is 0 Å². The number of nitrogens with zero attached hydrogens (tertiary/aromatic N) is 2. The standard InChI is InChI=1S/C14H25N3O/c1-4-7-17-13(14(18-3)10-16-17)8-11(2)9-15-12-5-6-12/h10-12,15H,4-9H2,1-3H3. The summed E-state index contributed by atoms with van der Waals surface area (Å²) in [4.78, 5) is 0. The molecule has 1 aromatic heterocycles. The molecule has 1 atom stereocenters. The van der Waals surface area contributed by atoms with Crippen LogP contribution >= 0.6 is 0 Å². The van der Waals surface area contributed by atoms with Gasteiger partial charge in [0.15, 0.2) is 5.75 Å². The lowest BCUT2D eigenvalue weighted by Crippen LogP contribution is -2.25. The van der Waals surface area contributed by atoms with E-state index in [9.17, 15) is 0 Å². The molecule has 102 valence electrons. The zero-order valence-corrected chi connectivity index (χ0v) is 11.8. The second kappa shape index (κ2) is 6.23. The van der Waals surface area contributed by atoms with E-state index in [1.54, 1.807) is 7.11 Å². The average Bonchev–Trinajstić information content (AvgIpc) is 3.12. The fourth-order valence-electron chi connectivity index (χ4n) is 2.23. The van der Waals surface area contributed by atoms with E-state index in [1.165, 1.54) is 18.5 Å². The molecule has 1 aliphatic carbocycles. The predicted octanol–water partition coefficient (Wildman–Crippen LogP) is 2.23. The second-order valence-corrected chi connectivity index (χ2v) is 5.37. The van der Waals surface area contributed by atoms with Crippen LogP contribution in [0, 0.1) is 5.92 Å². The van der Waals surface area contributed by atoms with E-state index >= 15 is 0 Å². The molecular formula is C14H25N3O. The van der Waals surface area contributed by atoms with Crippen LogP contribution in [0.1, 0.15) is 38.8 Å². The Labute approximate surface area is 110 Å².